The lowest BCUT2D eigenvalue weighted by Crippen LogP contribution is -2.31. The summed E-state index contributed by atoms with van der Waals surface area (Å²) in [7, 11) is -3.57. The van der Waals surface area contributed by atoms with Gasteiger partial charge in [-0.3, -0.25) is 0 Å². The Balaban J connectivity index is 2.47. The first kappa shape index (κ1) is 16.3. The van der Waals surface area contributed by atoms with Crippen molar-refractivity contribution in [2.45, 2.75) is 45.1 Å². The van der Waals surface area contributed by atoms with E-state index in [1.807, 2.05) is 19.9 Å². The molecular formula is C15H24N2O3S. The SMILES string of the molecule is Cc1cc(N)c(C)c(S(=O)(=O)N2CCC(C(C)O)C2)c1C. The minimum absolute atomic E-state index is 0.00235. The summed E-state index contributed by atoms with van der Waals surface area (Å²) in [6.45, 7) is 7.96. The molecule has 2 rings (SSSR count). The van der Waals surface area contributed by atoms with Crippen molar-refractivity contribution in [2.75, 3.05) is 18.8 Å². The smallest absolute Gasteiger partial charge is 0.243 e. The van der Waals surface area contributed by atoms with Gasteiger partial charge in [0.25, 0.3) is 0 Å². The molecule has 1 aromatic rings. The van der Waals surface area contributed by atoms with E-state index in [2.05, 4.69) is 0 Å². The Morgan fingerprint density at radius 1 is 1.33 bits per heavy atom. The van der Waals surface area contributed by atoms with Gasteiger partial charge in [0.15, 0.2) is 0 Å². The average molecular weight is 312 g/mol. The zero-order chi connectivity index (χ0) is 15.9. The number of benzene rings is 1. The van der Waals surface area contributed by atoms with E-state index in [1.165, 1.54) is 4.31 Å². The minimum atomic E-state index is -3.57. The van der Waals surface area contributed by atoms with Crippen LogP contribution < -0.4 is 5.73 Å². The molecule has 1 fully saturated rings. The topological polar surface area (TPSA) is 83.6 Å². The van der Waals surface area contributed by atoms with Crippen molar-refractivity contribution < 1.29 is 13.5 Å². The number of rotatable bonds is 3. The van der Waals surface area contributed by atoms with Gasteiger partial charge in [0.05, 0.1) is 11.0 Å². The number of nitrogens with zero attached hydrogens (tertiary/aromatic N) is 1. The molecule has 3 N–H and O–H groups in total. The van der Waals surface area contributed by atoms with Crippen molar-refractivity contribution >= 4 is 15.7 Å². The Bertz CT molecular complexity index is 627. The van der Waals surface area contributed by atoms with Gasteiger partial charge in [0.1, 0.15) is 0 Å². The quantitative estimate of drug-likeness (QED) is 0.830. The summed E-state index contributed by atoms with van der Waals surface area (Å²) in [5.74, 6) is 0.00235. The first-order valence-electron chi connectivity index (χ1n) is 7.20. The van der Waals surface area contributed by atoms with E-state index in [4.69, 9.17) is 5.73 Å². The Morgan fingerprint density at radius 2 is 1.95 bits per heavy atom. The number of aliphatic hydroxyl groups excluding tert-OH is 1. The van der Waals surface area contributed by atoms with Crippen LogP contribution in [0.4, 0.5) is 5.69 Å². The number of aliphatic hydroxyl groups is 1. The second-order valence-electron chi connectivity index (χ2n) is 6.01. The monoisotopic (exact) mass is 312 g/mol. The molecule has 0 bridgehead atoms. The molecule has 6 heteroatoms. The molecule has 1 aliphatic rings. The van der Waals surface area contributed by atoms with Crippen molar-refractivity contribution in [3.05, 3.63) is 22.8 Å². The first-order valence-corrected chi connectivity index (χ1v) is 8.64. The molecule has 0 radical (unpaired) electrons. The van der Waals surface area contributed by atoms with Gasteiger partial charge in [-0.2, -0.15) is 4.31 Å². The van der Waals surface area contributed by atoms with Gasteiger partial charge in [0, 0.05) is 18.8 Å². The highest BCUT2D eigenvalue weighted by molar-refractivity contribution is 7.89. The second-order valence-corrected chi connectivity index (χ2v) is 7.89. The molecule has 2 atom stereocenters. The fourth-order valence-electron chi connectivity index (χ4n) is 2.92. The van der Waals surface area contributed by atoms with Gasteiger partial charge in [0.2, 0.25) is 10.0 Å². The highest BCUT2D eigenvalue weighted by Gasteiger charge is 2.36. The van der Waals surface area contributed by atoms with Crippen molar-refractivity contribution in [1.29, 1.82) is 0 Å². The predicted octanol–water partition coefficient (Wildman–Crippen LogP) is 1.59. The largest absolute Gasteiger partial charge is 0.398 e. The molecule has 5 nitrogen and oxygen atoms in total. The van der Waals surface area contributed by atoms with Crippen LogP contribution in [0.15, 0.2) is 11.0 Å². The van der Waals surface area contributed by atoms with Crippen LogP contribution in [-0.2, 0) is 10.0 Å². The number of anilines is 1. The summed E-state index contributed by atoms with van der Waals surface area (Å²) >= 11 is 0. The Labute approximate surface area is 126 Å². The third kappa shape index (κ3) is 2.80. The van der Waals surface area contributed by atoms with Crippen molar-refractivity contribution in [3.8, 4) is 0 Å². The lowest BCUT2D eigenvalue weighted by molar-refractivity contribution is 0.133. The number of aryl methyl sites for hydroxylation is 1. The molecule has 0 spiro atoms. The first-order chi connectivity index (χ1) is 9.66. The van der Waals surface area contributed by atoms with Gasteiger partial charge < -0.3 is 10.8 Å². The predicted molar refractivity (Wildman–Crippen MR) is 83.6 cm³/mol. The van der Waals surface area contributed by atoms with Crippen LogP contribution in [0.3, 0.4) is 0 Å². The number of sulfonamides is 1. The van der Waals surface area contributed by atoms with Crippen LogP contribution >= 0.6 is 0 Å². The zero-order valence-electron chi connectivity index (χ0n) is 13.0. The lowest BCUT2D eigenvalue weighted by atomic mass is 10.0. The lowest BCUT2D eigenvalue weighted by Gasteiger charge is -2.22. The van der Waals surface area contributed by atoms with Gasteiger partial charge in [-0.25, -0.2) is 8.42 Å². The molecule has 118 valence electrons. The standard InChI is InChI=1S/C15H24N2O3S/c1-9-7-14(16)11(3)15(10(9)2)21(19,20)17-6-5-13(8-17)12(4)18/h7,12-13,18H,5-6,8,16H2,1-4H3. The maximum Gasteiger partial charge on any atom is 0.243 e. The number of nitrogens with two attached hydrogens (primary N) is 1. The highest BCUT2D eigenvalue weighted by Crippen LogP contribution is 2.33. The maximum atomic E-state index is 12.9. The van der Waals surface area contributed by atoms with E-state index in [9.17, 15) is 13.5 Å². The van der Waals surface area contributed by atoms with Crippen LogP contribution in [0.1, 0.15) is 30.0 Å². The van der Waals surface area contributed by atoms with Crippen LogP contribution in [0.5, 0.6) is 0 Å². The highest BCUT2D eigenvalue weighted by atomic mass is 32.2. The van der Waals surface area contributed by atoms with Crippen molar-refractivity contribution in [1.82, 2.24) is 4.31 Å². The van der Waals surface area contributed by atoms with Crippen LogP contribution in [0.2, 0.25) is 0 Å². The summed E-state index contributed by atoms with van der Waals surface area (Å²) in [6, 6.07) is 1.81. The minimum Gasteiger partial charge on any atom is -0.398 e. The second kappa shape index (κ2) is 5.59. The molecule has 0 aromatic heterocycles. The van der Waals surface area contributed by atoms with Gasteiger partial charge in [-0.05, 0) is 62.8 Å². The molecular weight excluding hydrogens is 288 g/mol. The fraction of sp³-hybridized carbons (Fsp3) is 0.600. The Morgan fingerprint density at radius 3 is 2.48 bits per heavy atom. The Kier molecular flexibility index (Phi) is 4.33. The fourth-order valence-corrected chi connectivity index (χ4v) is 4.97. The molecule has 0 amide bonds. The summed E-state index contributed by atoms with van der Waals surface area (Å²) in [4.78, 5) is 0.325. The number of hydrogen-bond donors (Lipinski definition) is 2. The van der Waals surface area contributed by atoms with Gasteiger partial charge >= 0.3 is 0 Å². The molecule has 1 aliphatic heterocycles. The molecule has 21 heavy (non-hydrogen) atoms. The van der Waals surface area contributed by atoms with E-state index in [0.717, 1.165) is 11.1 Å². The van der Waals surface area contributed by atoms with E-state index in [0.29, 0.717) is 35.7 Å². The average Bonchev–Trinajstić information content (AvgIpc) is 2.87. The Hall–Kier alpha value is -1.11. The van der Waals surface area contributed by atoms with Crippen LogP contribution in [0, 0.1) is 26.7 Å². The van der Waals surface area contributed by atoms with Crippen LogP contribution in [0.25, 0.3) is 0 Å². The molecule has 1 saturated heterocycles. The van der Waals surface area contributed by atoms with E-state index >= 15 is 0 Å². The molecule has 0 aliphatic carbocycles. The summed E-state index contributed by atoms with van der Waals surface area (Å²) in [5, 5.41) is 9.66. The molecule has 2 unspecified atom stereocenters. The van der Waals surface area contributed by atoms with Gasteiger partial charge in [-0.1, -0.05) is 0 Å². The molecule has 1 heterocycles. The zero-order valence-corrected chi connectivity index (χ0v) is 13.9. The van der Waals surface area contributed by atoms with E-state index < -0.39 is 16.1 Å². The summed E-state index contributed by atoms with van der Waals surface area (Å²) in [5.41, 5.74) is 8.68. The van der Waals surface area contributed by atoms with Crippen molar-refractivity contribution in [3.63, 3.8) is 0 Å². The van der Waals surface area contributed by atoms with E-state index in [-0.39, 0.29) is 5.92 Å². The normalized spacial score (nSPS) is 21.7. The molecule has 1 aromatic carbocycles. The third-order valence-electron chi connectivity index (χ3n) is 4.55. The number of hydrogen-bond acceptors (Lipinski definition) is 4. The summed E-state index contributed by atoms with van der Waals surface area (Å²) < 4.78 is 27.3. The van der Waals surface area contributed by atoms with Crippen molar-refractivity contribution in [2.24, 2.45) is 5.92 Å². The molecule has 0 saturated carbocycles. The summed E-state index contributed by atoms with van der Waals surface area (Å²) in [6.07, 6.45) is 0.200. The van der Waals surface area contributed by atoms with E-state index in [1.54, 1.807) is 13.8 Å². The van der Waals surface area contributed by atoms with Crippen LogP contribution in [-0.4, -0.2) is 37.0 Å². The van der Waals surface area contributed by atoms with Gasteiger partial charge in [-0.15, -0.1) is 0 Å². The third-order valence-corrected chi connectivity index (χ3v) is 6.69. The maximum absolute atomic E-state index is 12.9. The number of nitrogen functional groups attached to an aromatic ring is 1.